The van der Waals surface area contributed by atoms with Crippen molar-refractivity contribution in [1.82, 2.24) is 9.80 Å². The normalized spacial score (nSPS) is 22.7. The summed E-state index contributed by atoms with van der Waals surface area (Å²) in [6.07, 6.45) is 5.11. The fourth-order valence-electron chi connectivity index (χ4n) is 4.51. The lowest BCUT2D eigenvalue weighted by Gasteiger charge is -2.33. The molecule has 5 heteroatoms. The van der Waals surface area contributed by atoms with Gasteiger partial charge in [0.1, 0.15) is 11.5 Å². The molecule has 0 radical (unpaired) electrons. The minimum atomic E-state index is 0.170. The molecule has 0 spiro atoms. The van der Waals surface area contributed by atoms with Gasteiger partial charge in [0.2, 0.25) is 0 Å². The predicted molar refractivity (Wildman–Crippen MR) is 134 cm³/mol. The molecule has 2 saturated heterocycles. The van der Waals surface area contributed by atoms with Gasteiger partial charge >= 0.3 is 0 Å². The standard InChI is InChI=1S/C28H32N2O3/c1-29-14-13-26(22(17-29)15-20-5-9-24(32-3)10-6-20)27-19-30(2)18-23(28(27)31)16-21-7-11-25(33-4)12-8-21/h5-12,15-16H,13-14,17-19H2,1-4H3/b22-15+,23-16+,27-26+. The molecule has 2 aromatic rings. The molecule has 33 heavy (non-hydrogen) atoms. The largest absolute Gasteiger partial charge is 0.497 e. The number of nitrogens with zero attached hydrogens (tertiary/aromatic N) is 2. The molecule has 0 unspecified atom stereocenters. The van der Waals surface area contributed by atoms with Crippen molar-refractivity contribution in [1.29, 1.82) is 0 Å². The lowest BCUT2D eigenvalue weighted by Crippen LogP contribution is -2.37. The summed E-state index contributed by atoms with van der Waals surface area (Å²) in [6.45, 7) is 3.11. The van der Waals surface area contributed by atoms with Gasteiger partial charge < -0.3 is 14.4 Å². The molecule has 2 aromatic carbocycles. The zero-order valence-electron chi connectivity index (χ0n) is 19.9. The summed E-state index contributed by atoms with van der Waals surface area (Å²) >= 11 is 0. The second-order valence-corrected chi connectivity index (χ2v) is 8.83. The van der Waals surface area contributed by atoms with Crippen LogP contribution in [0.4, 0.5) is 0 Å². The molecule has 0 bridgehead atoms. The van der Waals surface area contributed by atoms with Gasteiger partial charge in [-0.2, -0.15) is 0 Å². The number of ether oxygens (including phenoxy) is 2. The van der Waals surface area contributed by atoms with Crippen molar-refractivity contribution in [2.45, 2.75) is 6.42 Å². The fourth-order valence-corrected chi connectivity index (χ4v) is 4.51. The van der Waals surface area contributed by atoms with Crippen molar-refractivity contribution in [2.75, 3.05) is 54.5 Å². The van der Waals surface area contributed by atoms with Gasteiger partial charge in [0.15, 0.2) is 5.78 Å². The highest BCUT2D eigenvalue weighted by Crippen LogP contribution is 2.31. The lowest BCUT2D eigenvalue weighted by atomic mass is 9.85. The molecule has 0 atom stereocenters. The minimum Gasteiger partial charge on any atom is -0.497 e. The van der Waals surface area contributed by atoms with Crippen molar-refractivity contribution in [3.05, 3.63) is 82.0 Å². The Morgan fingerprint density at radius 1 is 0.697 bits per heavy atom. The number of piperidine rings is 2. The first-order chi connectivity index (χ1) is 16.0. The first-order valence-corrected chi connectivity index (χ1v) is 11.3. The quantitative estimate of drug-likeness (QED) is 0.657. The first-order valence-electron chi connectivity index (χ1n) is 11.3. The molecule has 0 amide bonds. The molecular weight excluding hydrogens is 412 g/mol. The second kappa shape index (κ2) is 10.2. The summed E-state index contributed by atoms with van der Waals surface area (Å²) in [5.74, 6) is 1.82. The number of carbonyl (C=O) groups is 1. The van der Waals surface area contributed by atoms with Crippen molar-refractivity contribution in [2.24, 2.45) is 0 Å². The number of ketones is 1. The minimum absolute atomic E-state index is 0.170. The second-order valence-electron chi connectivity index (χ2n) is 8.83. The lowest BCUT2D eigenvalue weighted by molar-refractivity contribution is -0.113. The van der Waals surface area contributed by atoms with E-state index in [1.807, 2.05) is 42.5 Å². The van der Waals surface area contributed by atoms with E-state index in [9.17, 15) is 4.79 Å². The maximum absolute atomic E-state index is 13.6. The highest BCUT2D eigenvalue weighted by atomic mass is 16.5. The number of hydrogen-bond acceptors (Lipinski definition) is 5. The number of benzene rings is 2. The molecule has 172 valence electrons. The van der Waals surface area contributed by atoms with Gasteiger partial charge in [-0.1, -0.05) is 30.3 Å². The summed E-state index contributed by atoms with van der Waals surface area (Å²) in [5, 5.41) is 0. The van der Waals surface area contributed by atoms with Crippen molar-refractivity contribution in [3.63, 3.8) is 0 Å². The van der Waals surface area contributed by atoms with Gasteiger partial charge in [0.05, 0.1) is 14.2 Å². The van der Waals surface area contributed by atoms with Crippen LogP contribution in [0.15, 0.2) is 70.8 Å². The number of methoxy groups -OCH3 is 2. The van der Waals surface area contributed by atoms with Gasteiger partial charge in [-0.05, 0) is 73.1 Å². The number of carbonyl (C=O) groups excluding carboxylic acids is 1. The van der Waals surface area contributed by atoms with Gasteiger partial charge in [-0.15, -0.1) is 0 Å². The maximum atomic E-state index is 13.6. The maximum Gasteiger partial charge on any atom is 0.187 e. The van der Waals surface area contributed by atoms with E-state index in [4.69, 9.17) is 9.47 Å². The van der Waals surface area contributed by atoms with E-state index in [1.165, 1.54) is 11.1 Å². The topological polar surface area (TPSA) is 42.0 Å². The van der Waals surface area contributed by atoms with Crippen LogP contribution in [0.5, 0.6) is 11.5 Å². The molecule has 4 rings (SSSR count). The van der Waals surface area contributed by atoms with Crippen LogP contribution < -0.4 is 9.47 Å². The third kappa shape index (κ3) is 5.44. The van der Waals surface area contributed by atoms with E-state index >= 15 is 0 Å². The summed E-state index contributed by atoms with van der Waals surface area (Å²) in [6, 6.07) is 15.9. The van der Waals surface area contributed by atoms with E-state index in [1.54, 1.807) is 14.2 Å². The van der Waals surface area contributed by atoms with Crippen molar-refractivity contribution < 1.29 is 14.3 Å². The molecule has 2 fully saturated rings. The Balaban J connectivity index is 1.70. The Kier molecular flexibility index (Phi) is 7.11. The van der Waals surface area contributed by atoms with E-state index in [0.29, 0.717) is 13.1 Å². The Labute approximate surface area is 196 Å². The van der Waals surface area contributed by atoms with Crippen LogP contribution in [0.1, 0.15) is 17.5 Å². The van der Waals surface area contributed by atoms with Crippen LogP contribution >= 0.6 is 0 Å². The number of likely N-dealkylation sites (N-methyl/N-ethyl adjacent to an activating group) is 2. The highest BCUT2D eigenvalue weighted by Gasteiger charge is 2.29. The van der Waals surface area contributed by atoms with E-state index in [0.717, 1.165) is 53.3 Å². The number of hydrogen-bond donors (Lipinski definition) is 0. The molecule has 0 aromatic heterocycles. The highest BCUT2D eigenvalue weighted by molar-refractivity contribution is 6.13. The van der Waals surface area contributed by atoms with E-state index < -0.39 is 0 Å². The zero-order chi connectivity index (χ0) is 23.4. The third-order valence-electron chi connectivity index (χ3n) is 6.28. The number of rotatable bonds is 4. The van der Waals surface area contributed by atoms with E-state index in [2.05, 4.69) is 42.1 Å². The fraction of sp³-hybridized carbons (Fsp3) is 0.321. The SMILES string of the molecule is COc1ccc(/C=C2\CN(C)CC\C2=C2\CN(C)C/C(=C\c3ccc(OC)cc3)C2=O)cc1. The van der Waals surface area contributed by atoms with Crippen LogP contribution in [0.2, 0.25) is 0 Å². The van der Waals surface area contributed by atoms with Crippen LogP contribution in [-0.4, -0.2) is 70.1 Å². The monoisotopic (exact) mass is 444 g/mol. The summed E-state index contributed by atoms with van der Waals surface area (Å²) in [7, 11) is 7.54. The molecule has 5 nitrogen and oxygen atoms in total. The Morgan fingerprint density at radius 2 is 1.21 bits per heavy atom. The van der Waals surface area contributed by atoms with Crippen molar-refractivity contribution >= 4 is 17.9 Å². The Hall–Kier alpha value is -3.15. The van der Waals surface area contributed by atoms with Crippen molar-refractivity contribution in [3.8, 4) is 11.5 Å². The molecule has 2 aliphatic rings. The average Bonchev–Trinajstić information content (AvgIpc) is 2.82. The molecule has 0 N–H and O–H groups in total. The smallest absolute Gasteiger partial charge is 0.187 e. The molecule has 0 saturated carbocycles. The van der Waals surface area contributed by atoms with Gasteiger partial charge in [0.25, 0.3) is 0 Å². The zero-order valence-corrected chi connectivity index (χ0v) is 19.9. The van der Waals surface area contributed by atoms with Crippen LogP contribution in [0.3, 0.4) is 0 Å². The summed E-state index contributed by atoms with van der Waals surface area (Å²) in [4.78, 5) is 18.2. The third-order valence-corrected chi connectivity index (χ3v) is 6.28. The van der Waals surface area contributed by atoms with Gasteiger partial charge in [-0.3, -0.25) is 9.69 Å². The van der Waals surface area contributed by atoms with Crippen LogP contribution in [-0.2, 0) is 4.79 Å². The van der Waals surface area contributed by atoms with Gasteiger partial charge in [-0.25, -0.2) is 0 Å². The number of Topliss-reactive ketones (excluding diaryl/α,β-unsaturated/α-hetero) is 1. The average molecular weight is 445 g/mol. The van der Waals surface area contributed by atoms with E-state index in [-0.39, 0.29) is 5.78 Å². The molecule has 0 aliphatic carbocycles. The van der Waals surface area contributed by atoms with Gasteiger partial charge in [0, 0.05) is 37.3 Å². The number of likely N-dealkylation sites (tertiary alicyclic amines) is 2. The molecular formula is C28H32N2O3. The predicted octanol–water partition coefficient (Wildman–Crippen LogP) is 4.32. The first kappa shape index (κ1) is 23.0. The molecule has 2 heterocycles. The van der Waals surface area contributed by atoms with Crippen LogP contribution in [0.25, 0.3) is 12.2 Å². The van der Waals surface area contributed by atoms with Crippen LogP contribution in [0, 0.1) is 0 Å². The Morgan fingerprint density at radius 3 is 1.76 bits per heavy atom. The Bertz CT molecular complexity index is 1090. The molecule has 2 aliphatic heterocycles. The summed E-state index contributed by atoms with van der Waals surface area (Å²) < 4.78 is 10.5. The summed E-state index contributed by atoms with van der Waals surface area (Å²) in [5.41, 5.74) is 6.30.